The van der Waals surface area contributed by atoms with Gasteiger partial charge in [0.1, 0.15) is 0 Å². The lowest BCUT2D eigenvalue weighted by molar-refractivity contribution is 0.122. The van der Waals surface area contributed by atoms with Crippen molar-refractivity contribution < 1.29 is 8.42 Å². The SMILES string of the molecule is CCNS(=O)(=O)CCNC1CC2CCC1(C)C2(C)C. The molecule has 0 aromatic heterocycles. The van der Waals surface area contributed by atoms with Crippen molar-refractivity contribution in [2.24, 2.45) is 16.7 Å². The highest BCUT2D eigenvalue weighted by Crippen LogP contribution is 2.65. The Bertz CT molecular complexity index is 433. The fourth-order valence-electron chi connectivity index (χ4n) is 4.17. The molecule has 19 heavy (non-hydrogen) atoms. The molecule has 0 spiro atoms. The van der Waals surface area contributed by atoms with Gasteiger partial charge in [-0.3, -0.25) is 0 Å². The van der Waals surface area contributed by atoms with Crippen LogP contribution >= 0.6 is 0 Å². The number of sulfonamides is 1. The van der Waals surface area contributed by atoms with Crippen molar-refractivity contribution in [2.75, 3.05) is 18.8 Å². The second-order valence-corrected chi connectivity index (χ2v) is 8.86. The van der Waals surface area contributed by atoms with Crippen LogP contribution in [0.5, 0.6) is 0 Å². The zero-order chi connectivity index (χ0) is 14.3. The maximum Gasteiger partial charge on any atom is 0.212 e. The third kappa shape index (κ3) is 2.57. The van der Waals surface area contributed by atoms with Crippen molar-refractivity contribution in [3.8, 4) is 0 Å². The Labute approximate surface area is 117 Å². The molecule has 4 nitrogen and oxygen atoms in total. The molecule has 0 aromatic rings. The van der Waals surface area contributed by atoms with Crippen molar-refractivity contribution in [1.82, 2.24) is 10.0 Å². The number of nitrogens with one attached hydrogen (secondary N) is 2. The molecule has 0 radical (unpaired) electrons. The highest BCUT2D eigenvalue weighted by Gasteiger charge is 2.60. The number of rotatable bonds is 6. The standard InChI is InChI=1S/C14H28N2O2S/c1-5-16-19(17,18)9-8-15-12-10-11-6-7-14(12,4)13(11,2)3/h11-12,15-16H,5-10H2,1-4H3. The molecule has 0 heterocycles. The average molecular weight is 288 g/mol. The molecule has 2 N–H and O–H groups in total. The smallest absolute Gasteiger partial charge is 0.212 e. The normalized spacial score (nSPS) is 36.8. The van der Waals surface area contributed by atoms with Gasteiger partial charge in [-0.05, 0) is 36.0 Å². The molecule has 0 aliphatic heterocycles. The lowest BCUT2D eigenvalue weighted by Crippen LogP contribution is -2.46. The largest absolute Gasteiger partial charge is 0.312 e. The van der Waals surface area contributed by atoms with Crippen LogP contribution in [0.1, 0.15) is 47.0 Å². The highest BCUT2D eigenvalue weighted by atomic mass is 32.2. The lowest BCUT2D eigenvalue weighted by Gasteiger charge is -2.39. The van der Waals surface area contributed by atoms with Crippen LogP contribution in [-0.2, 0) is 10.0 Å². The summed E-state index contributed by atoms with van der Waals surface area (Å²) in [7, 11) is -3.10. The summed E-state index contributed by atoms with van der Waals surface area (Å²) in [6.07, 6.45) is 3.80. The Morgan fingerprint density at radius 3 is 2.42 bits per heavy atom. The molecule has 0 aromatic carbocycles. The maximum atomic E-state index is 11.6. The molecule has 2 rings (SSSR count). The second kappa shape index (κ2) is 5.01. The van der Waals surface area contributed by atoms with Gasteiger partial charge in [0.05, 0.1) is 5.75 Å². The first-order chi connectivity index (χ1) is 8.73. The van der Waals surface area contributed by atoms with Crippen LogP contribution in [0.25, 0.3) is 0 Å². The predicted molar refractivity (Wildman–Crippen MR) is 78.5 cm³/mol. The third-order valence-corrected chi connectivity index (χ3v) is 7.39. The summed E-state index contributed by atoms with van der Waals surface area (Å²) in [6, 6.07) is 0.470. The van der Waals surface area contributed by atoms with Crippen LogP contribution in [0.15, 0.2) is 0 Å². The van der Waals surface area contributed by atoms with Crippen molar-refractivity contribution in [3.05, 3.63) is 0 Å². The Kier molecular flexibility index (Phi) is 4.02. The van der Waals surface area contributed by atoms with E-state index < -0.39 is 10.0 Å². The van der Waals surface area contributed by atoms with Gasteiger partial charge in [0.2, 0.25) is 10.0 Å². The molecule has 2 aliphatic rings. The van der Waals surface area contributed by atoms with Crippen LogP contribution in [0.4, 0.5) is 0 Å². The van der Waals surface area contributed by atoms with E-state index in [1.807, 2.05) is 6.92 Å². The number of hydrogen-bond donors (Lipinski definition) is 2. The maximum absolute atomic E-state index is 11.6. The molecule has 2 fully saturated rings. The minimum atomic E-state index is -3.10. The van der Waals surface area contributed by atoms with Gasteiger partial charge < -0.3 is 5.32 Å². The van der Waals surface area contributed by atoms with E-state index in [2.05, 4.69) is 30.8 Å². The monoisotopic (exact) mass is 288 g/mol. The van der Waals surface area contributed by atoms with E-state index in [0.717, 1.165) is 5.92 Å². The molecule has 5 heteroatoms. The van der Waals surface area contributed by atoms with Crippen molar-refractivity contribution in [3.63, 3.8) is 0 Å². The Balaban J connectivity index is 1.89. The topological polar surface area (TPSA) is 58.2 Å². The predicted octanol–water partition coefficient (Wildman–Crippen LogP) is 1.73. The van der Waals surface area contributed by atoms with Gasteiger partial charge in [0, 0.05) is 19.1 Å². The van der Waals surface area contributed by atoms with Crippen LogP contribution in [0.2, 0.25) is 0 Å². The lowest BCUT2D eigenvalue weighted by atomic mass is 9.69. The van der Waals surface area contributed by atoms with Crippen molar-refractivity contribution in [2.45, 2.75) is 53.0 Å². The van der Waals surface area contributed by atoms with Crippen LogP contribution in [0.3, 0.4) is 0 Å². The summed E-state index contributed by atoms with van der Waals surface area (Å²) in [4.78, 5) is 0. The van der Waals surface area contributed by atoms with Crippen LogP contribution < -0.4 is 10.0 Å². The summed E-state index contributed by atoms with van der Waals surface area (Å²) in [5, 5.41) is 3.50. The van der Waals surface area contributed by atoms with E-state index in [4.69, 9.17) is 0 Å². The van der Waals surface area contributed by atoms with Crippen LogP contribution in [0, 0.1) is 16.7 Å². The summed E-state index contributed by atoms with van der Waals surface area (Å²) < 4.78 is 25.8. The van der Waals surface area contributed by atoms with E-state index in [1.54, 1.807) is 0 Å². The van der Waals surface area contributed by atoms with Gasteiger partial charge >= 0.3 is 0 Å². The highest BCUT2D eigenvalue weighted by molar-refractivity contribution is 7.89. The average Bonchev–Trinajstić information content (AvgIpc) is 2.61. The number of hydrogen-bond acceptors (Lipinski definition) is 3. The van der Waals surface area contributed by atoms with E-state index in [1.165, 1.54) is 19.3 Å². The van der Waals surface area contributed by atoms with E-state index >= 15 is 0 Å². The zero-order valence-electron chi connectivity index (χ0n) is 12.6. The first-order valence-corrected chi connectivity index (χ1v) is 9.09. The Hall–Kier alpha value is -0.130. The van der Waals surface area contributed by atoms with E-state index in [0.29, 0.717) is 30.0 Å². The summed E-state index contributed by atoms with van der Waals surface area (Å²) >= 11 is 0. The molecule has 0 saturated heterocycles. The molecule has 2 bridgehead atoms. The molecule has 3 atom stereocenters. The molecule has 112 valence electrons. The first kappa shape index (κ1) is 15.3. The molecule has 2 saturated carbocycles. The summed E-state index contributed by atoms with van der Waals surface area (Å²) in [6.45, 7) is 9.96. The van der Waals surface area contributed by atoms with Gasteiger partial charge in [-0.1, -0.05) is 27.7 Å². The second-order valence-electron chi connectivity index (χ2n) is 6.93. The third-order valence-electron chi connectivity index (χ3n) is 5.92. The Morgan fingerprint density at radius 2 is 1.95 bits per heavy atom. The van der Waals surface area contributed by atoms with Gasteiger partial charge in [0.25, 0.3) is 0 Å². The molecule has 2 aliphatic carbocycles. The van der Waals surface area contributed by atoms with Crippen LogP contribution in [-0.4, -0.2) is 33.3 Å². The van der Waals surface area contributed by atoms with E-state index in [-0.39, 0.29) is 5.75 Å². The Morgan fingerprint density at radius 1 is 1.26 bits per heavy atom. The molecule has 3 unspecified atom stereocenters. The quantitative estimate of drug-likeness (QED) is 0.782. The van der Waals surface area contributed by atoms with Gasteiger partial charge in [-0.25, -0.2) is 13.1 Å². The van der Waals surface area contributed by atoms with Gasteiger partial charge in [0.15, 0.2) is 0 Å². The van der Waals surface area contributed by atoms with Gasteiger partial charge in [-0.2, -0.15) is 0 Å². The minimum absolute atomic E-state index is 0.179. The minimum Gasteiger partial charge on any atom is -0.312 e. The fourth-order valence-corrected chi connectivity index (χ4v) is 5.14. The molecular formula is C14H28N2O2S. The van der Waals surface area contributed by atoms with Gasteiger partial charge in [-0.15, -0.1) is 0 Å². The summed E-state index contributed by atoms with van der Waals surface area (Å²) in [5.41, 5.74) is 0.699. The molecule has 0 amide bonds. The van der Waals surface area contributed by atoms with E-state index in [9.17, 15) is 8.42 Å². The number of fused-ring (bicyclic) bond motifs is 2. The first-order valence-electron chi connectivity index (χ1n) is 7.43. The fraction of sp³-hybridized carbons (Fsp3) is 1.00. The summed E-state index contributed by atoms with van der Waals surface area (Å²) in [5.74, 6) is 0.971. The zero-order valence-corrected chi connectivity index (χ0v) is 13.4. The van der Waals surface area contributed by atoms with Crippen molar-refractivity contribution in [1.29, 1.82) is 0 Å². The molecular weight excluding hydrogens is 260 g/mol. The van der Waals surface area contributed by atoms with Crippen molar-refractivity contribution >= 4 is 10.0 Å².